The van der Waals surface area contributed by atoms with E-state index in [-0.39, 0.29) is 17.6 Å². The maximum absolute atomic E-state index is 11.5. The van der Waals surface area contributed by atoms with E-state index in [0.29, 0.717) is 35.4 Å². The molecular formula is C24H34N6O5Si. The summed E-state index contributed by atoms with van der Waals surface area (Å²) in [6, 6.07) is 4.91. The van der Waals surface area contributed by atoms with Crippen LogP contribution in [0, 0.1) is 0 Å². The molecule has 0 aliphatic carbocycles. The number of nitrogens with one attached hydrogen (secondary N) is 1. The molecule has 0 bridgehead atoms. The molecule has 0 saturated heterocycles. The van der Waals surface area contributed by atoms with E-state index < -0.39 is 14.0 Å². The molecule has 0 atom stereocenters. The summed E-state index contributed by atoms with van der Waals surface area (Å²) < 4.78 is 22.9. The number of anilines is 1. The van der Waals surface area contributed by atoms with E-state index in [0.717, 1.165) is 18.2 Å². The number of carbonyl (C=O) groups excluding carboxylic acids is 1. The van der Waals surface area contributed by atoms with Gasteiger partial charge in [-0.15, -0.1) is 0 Å². The van der Waals surface area contributed by atoms with Gasteiger partial charge in [0.05, 0.1) is 27.9 Å². The van der Waals surface area contributed by atoms with Gasteiger partial charge in [-0.05, 0) is 44.4 Å². The summed E-state index contributed by atoms with van der Waals surface area (Å²) in [6.07, 6.45) is 2.59. The van der Waals surface area contributed by atoms with E-state index >= 15 is 0 Å². The summed E-state index contributed by atoms with van der Waals surface area (Å²) in [4.78, 5) is 27.3. The van der Waals surface area contributed by atoms with Gasteiger partial charge in [-0.3, -0.25) is 4.79 Å². The first-order valence-electron chi connectivity index (χ1n) is 11.5. The molecule has 12 heteroatoms. The van der Waals surface area contributed by atoms with Crippen molar-refractivity contribution < 1.29 is 23.4 Å². The minimum absolute atomic E-state index is 0.0175. The fourth-order valence-corrected chi connectivity index (χ4v) is 5.15. The highest BCUT2D eigenvalue weighted by atomic mass is 28.3. The number of nitrogens with zero attached hydrogens (tertiary/aromatic N) is 4. The molecule has 3 rings (SSSR count). The lowest BCUT2D eigenvalue weighted by Gasteiger charge is -2.24. The number of primary amides is 1. The van der Waals surface area contributed by atoms with E-state index in [1.165, 1.54) is 26.4 Å². The third kappa shape index (κ3) is 6.32. The Morgan fingerprint density at radius 1 is 1.06 bits per heavy atom. The average molecular weight is 515 g/mol. The lowest BCUT2D eigenvalue weighted by molar-refractivity contribution is 0.0969. The van der Waals surface area contributed by atoms with Gasteiger partial charge in [-0.1, -0.05) is 19.6 Å². The lowest BCUT2D eigenvalue weighted by atomic mass is 10.1. The van der Waals surface area contributed by atoms with Gasteiger partial charge in [0, 0.05) is 18.8 Å². The van der Waals surface area contributed by atoms with Crippen LogP contribution in [0.5, 0.6) is 23.6 Å². The largest absolute Gasteiger partial charge is 0.480 e. The van der Waals surface area contributed by atoms with Crippen molar-refractivity contribution in [2.45, 2.75) is 26.1 Å². The molecular weight excluding hydrogens is 480 g/mol. The normalized spacial score (nSPS) is 11.4. The molecule has 3 N–H and O–H groups in total. The van der Waals surface area contributed by atoms with Crippen LogP contribution in [0.3, 0.4) is 0 Å². The molecule has 36 heavy (non-hydrogen) atoms. The molecule has 194 valence electrons. The Kier molecular flexibility index (Phi) is 8.53. The molecule has 0 spiro atoms. The molecule has 11 nitrogen and oxygen atoms in total. The first-order valence-corrected chi connectivity index (χ1v) is 15.0. The highest BCUT2D eigenvalue weighted by Gasteiger charge is 2.31. The number of amides is 1. The first kappa shape index (κ1) is 27.0. The Labute approximate surface area is 212 Å². The summed E-state index contributed by atoms with van der Waals surface area (Å²) in [5.74, 6) is 0.619. The molecule has 0 aliphatic rings. The highest BCUT2D eigenvalue weighted by molar-refractivity contribution is 6.89. The number of hydrogen-bond acceptors (Lipinski definition) is 10. The number of aromatic nitrogens is 3. The topological polar surface area (TPSA) is 138 Å². The van der Waals surface area contributed by atoms with Crippen LogP contribution in [-0.4, -0.2) is 75.2 Å². The van der Waals surface area contributed by atoms with Crippen molar-refractivity contribution in [1.82, 2.24) is 19.9 Å². The van der Waals surface area contributed by atoms with Crippen LogP contribution in [0.1, 0.15) is 17.0 Å². The smallest absolute Gasteiger partial charge is 0.291 e. The number of nitrogens with two attached hydrogens (primary N) is 1. The minimum Gasteiger partial charge on any atom is -0.480 e. The van der Waals surface area contributed by atoms with Gasteiger partial charge >= 0.3 is 0 Å². The van der Waals surface area contributed by atoms with Crippen molar-refractivity contribution >= 4 is 25.1 Å². The van der Waals surface area contributed by atoms with Gasteiger partial charge in [0.25, 0.3) is 11.9 Å². The fourth-order valence-electron chi connectivity index (χ4n) is 3.59. The van der Waals surface area contributed by atoms with Crippen molar-refractivity contribution in [2.75, 3.05) is 46.7 Å². The summed E-state index contributed by atoms with van der Waals surface area (Å²) in [5, 5.41) is 4.26. The molecule has 3 heterocycles. The molecule has 3 aromatic heterocycles. The Morgan fingerprint density at radius 2 is 1.72 bits per heavy atom. The summed E-state index contributed by atoms with van der Waals surface area (Å²) in [7, 11) is 5.18. The number of carbonyl (C=O) groups is 1. The molecule has 0 saturated carbocycles. The second-order valence-corrected chi connectivity index (χ2v) is 14.4. The summed E-state index contributed by atoms with van der Waals surface area (Å²) in [5.41, 5.74) is 6.47. The highest BCUT2D eigenvalue weighted by Crippen LogP contribution is 2.42. The van der Waals surface area contributed by atoms with Crippen LogP contribution in [0.4, 0.5) is 5.95 Å². The zero-order valence-corrected chi connectivity index (χ0v) is 22.8. The van der Waals surface area contributed by atoms with Gasteiger partial charge in [0.2, 0.25) is 23.6 Å². The second-order valence-electron chi connectivity index (χ2n) is 9.40. The predicted octanol–water partition coefficient (Wildman–Crippen LogP) is 2.95. The second kappa shape index (κ2) is 11.4. The number of rotatable bonds is 12. The molecule has 3 aromatic rings. The van der Waals surface area contributed by atoms with Crippen molar-refractivity contribution in [1.29, 1.82) is 0 Å². The zero-order chi connectivity index (χ0) is 26.5. The third-order valence-corrected chi connectivity index (χ3v) is 7.32. The summed E-state index contributed by atoms with van der Waals surface area (Å²) >= 11 is 0. The van der Waals surface area contributed by atoms with Crippen molar-refractivity contribution in [2.24, 2.45) is 5.73 Å². The minimum atomic E-state index is -1.96. The van der Waals surface area contributed by atoms with Crippen LogP contribution in [0.2, 0.25) is 19.6 Å². The monoisotopic (exact) mass is 514 g/mol. The third-order valence-electron chi connectivity index (χ3n) is 5.29. The number of methoxy groups -OCH3 is 2. The number of furan rings is 1. The van der Waals surface area contributed by atoms with Crippen molar-refractivity contribution in [3.05, 3.63) is 30.2 Å². The molecule has 1 amide bonds. The zero-order valence-electron chi connectivity index (χ0n) is 21.8. The van der Waals surface area contributed by atoms with E-state index in [1.807, 2.05) is 20.2 Å². The Hall–Kier alpha value is -3.64. The number of hydrogen-bond donors (Lipinski definition) is 2. The van der Waals surface area contributed by atoms with Gasteiger partial charge in [0.1, 0.15) is 5.56 Å². The molecule has 0 aliphatic heterocycles. The summed E-state index contributed by atoms with van der Waals surface area (Å²) in [6.45, 7) is 8.22. The maximum atomic E-state index is 11.5. The van der Waals surface area contributed by atoms with Crippen LogP contribution in [0.15, 0.2) is 28.8 Å². The Bertz CT molecular complexity index is 1180. The fraction of sp³-hybridized carbons (Fsp3) is 0.417. The van der Waals surface area contributed by atoms with Crippen molar-refractivity contribution in [3.8, 4) is 34.7 Å². The van der Waals surface area contributed by atoms with Crippen LogP contribution >= 0.6 is 0 Å². The van der Waals surface area contributed by atoms with E-state index in [2.05, 4.69) is 44.8 Å². The average Bonchev–Trinajstić information content (AvgIpc) is 3.29. The lowest BCUT2D eigenvalue weighted by Crippen LogP contribution is -2.39. The van der Waals surface area contributed by atoms with Crippen molar-refractivity contribution in [3.63, 3.8) is 0 Å². The molecule has 0 fully saturated rings. The Morgan fingerprint density at radius 3 is 2.25 bits per heavy atom. The van der Waals surface area contributed by atoms with Crippen LogP contribution in [-0.2, 0) is 0 Å². The van der Waals surface area contributed by atoms with Gasteiger partial charge in [0.15, 0.2) is 5.76 Å². The Balaban J connectivity index is 2.13. The predicted molar refractivity (Wildman–Crippen MR) is 140 cm³/mol. The quantitative estimate of drug-likeness (QED) is 0.274. The van der Waals surface area contributed by atoms with Gasteiger partial charge in [-0.25, -0.2) is 4.98 Å². The maximum Gasteiger partial charge on any atom is 0.291 e. The van der Waals surface area contributed by atoms with Crippen LogP contribution < -0.4 is 30.4 Å². The van der Waals surface area contributed by atoms with Crippen LogP contribution in [0.25, 0.3) is 11.1 Å². The molecule has 0 aromatic carbocycles. The van der Waals surface area contributed by atoms with Gasteiger partial charge < -0.3 is 34.6 Å². The van der Waals surface area contributed by atoms with Gasteiger partial charge in [-0.2, -0.15) is 9.97 Å². The van der Waals surface area contributed by atoms with E-state index in [1.54, 1.807) is 6.20 Å². The molecule has 0 unspecified atom stereocenters. The first-order chi connectivity index (χ1) is 17.0. The SMILES string of the molecule is COc1nc(NCCCN(C)C)nc(OC)c1-c1c([Si](C)(C)C)ccnc1Oc1ccc(C(N)=O)o1. The molecule has 0 radical (unpaired) electrons. The number of pyridine rings is 1. The van der Waals surface area contributed by atoms with E-state index in [4.69, 9.17) is 24.4 Å². The van der Waals surface area contributed by atoms with E-state index in [9.17, 15) is 4.79 Å². The standard InChI is InChI=1S/C24H34N6O5Si/c1-30(2)14-8-12-27-24-28-22(32-3)19(23(29-24)33-4)18-16(36(5,6)7)11-13-26-21(18)35-17-10-9-15(34-17)20(25)31/h9-11,13H,8,12,14H2,1-7H3,(H2,25,31)(H,27,28,29). The number of ether oxygens (including phenoxy) is 3.